The average Bonchev–Trinajstić information content (AvgIpc) is 2.71. The summed E-state index contributed by atoms with van der Waals surface area (Å²) in [5.41, 5.74) is 7.32. The van der Waals surface area contributed by atoms with Gasteiger partial charge in [0.15, 0.2) is 5.84 Å². The highest BCUT2D eigenvalue weighted by molar-refractivity contribution is 5.97. The minimum absolute atomic E-state index is 0.112. The molecule has 1 aromatic rings. The number of anilines is 1. The largest absolute Gasteiger partial charge is 0.409 e. The number of amidine groups is 1. The number of hydrogen-bond acceptors (Lipinski definition) is 4. The number of aliphatic hydroxyl groups excluding tert-OH is 1. The third-order valence-corrected chi connectivity index (χ3v) is 3.69. The third-order valence-electron chi connectivity index (χ3n) is 3.69. The van der Waals surface area contributed by atoms with Gasteiger partial charge in [0, 0.05) is 17.8 Å². The Balaban J connectivity index is 2.19. The topological polar surface area (TPSA) is 82.1 Å². The van der Waals surface area contributed by atoms with Crippen molar-refractivity contribution in [3.05, 3.63) is 29.8 Å². The Hall–Kier alpha value is -1.75. The highest BCUT2D eigenvalue weighted by Gasteiger charge is 2.20. The maximum absolute atomic E-state index is 9.51. The molecule has 0 amide bonds. The van der Waals surface area contributed by atoms with Crippen LogP contribution >= 0.6 is 0 Å². The summed E-state index contributed by atoms with van der Waals surface area (Å²) in [6, 6.07) is 7.79. The van der Waals surface area contributed by atoms with E-state index in [-0.39, 0.29) is 18.5 Å². The lowest BCUT2D eigenvalue weighted by atomic mass is 10.1. The molecule has 0 aromatic heterocycles. The maximum atomic E-state index is 9.51. The van der Waals surface area contributed by atoms with Gasteiger partial charge < -0.3 is 20.9 Å². The number of rotatable bonds is 3. The molecule has 0 radical (unpaired) electrons. The van der Waals surface area contributed by atoms with Gasteiger partial charge in [-0.05, 0) is 37.1 Å². The van der Waals surface area contributed by atoms with Gasteiger partial charge in [0.1, 0.15) is 0 Å². The molecule has 5 heteroatoms. The highest BCUT2D eigenvalue weighted by atomic mass is 16.4. The smallest absolute Gasteiger partial charge is 0.170 e. The van der Waals surface area contributed by atoms with Crippen LogP contribution in [0.25, 0.3) is 0 Å². The van der Waals surface area contributed by atoms with E-state index in [2.05, 4.69) is 10.1 Å². The Morgan fingerprint density at radius 3 is 2.63 bits per heavy atom. The molecular weight excluding hydrogens is 242 g/mol. The van der Waals surface area contributed by atoms with Crippen molar-refractivity contribution in [3.8, 4) is 0 Å². The summed E-state index contributed by atoms with van der Waals surface area (Å²) in [4.78, 5) is 2.25. The fourth-order valence-electron chi connectivity index (χ4n) is 2.59. The zero-order chi connectivity index (χ0) is 13.7. The van der Waals surface area contributed by atoms with Gasteiger partial charge >= 0.3 is 0 Å². The predicted octanol–water partition coefficient (Wildman–Crippen LogP) is 1.52. The van der Waals surface area contributed by atoms with Crippen LogP contribution in [0.5, 0.6) is 0 Å². The molecule has 4 N–H and O–H groups in total. The Bertz CT molecular complexity index is 431. The fraction of sp³-hybridized carbons (Fsp3) is 0.500. The number of nitrogens with zero attached hydrogens (tertiary/aromatic N) is 2. The minimum atomic E-state index is 0.112. The van der Waals surface area contributed by atoms with Crippen LogP contribution in [0.3, 0.4) is 0 Å². The number of hydrogen-bond donors (Lipinski definition) is 3. The first-order chi connectivity index (χ1) is 9.26. The van der Waals surface area contributed by atoms with E-state index < -0.39 is 0 Å². The van der Waals surface area contributed by atoms with Crippen molar-refractivity contribution in [2.24, 2.45) is 10.9 Å². The first-order valence-corrected chi connectivity index (χ1v) is 6.71. The maximum Gasteiger partial charge on any atom is 0.170 e. The molecule has 0 spiro atoms. The van der Waals surface area contributed by atoms with Crippen LogP contribution in [0.4, 0.5) is 5.69 Å². The van der Waals surface area contributed by atoms with E-state index in [1.54, 1.807) is 0 Å². The minimum Gasteiger partial charge on any atom is -0.409 e. The van der Waals surface area contributed by atoms with Crippen molar-refractivity contribution in [2.75, 3.05) is 18.1 Å². The third kappa shape index (κ3) is 3.17. The van der Waals surface area contributed by atoms with Crippen molar-refractivity contribution < 1.29 is 10.3 Å². The van der Waals surface area contributed by atoms with Crippen molar-refractivity contribution >= 4 is 11.5 Å². The number of oxime groups is 1. The fourth-order valence-corrected chi connectivity index (χ4v) is 2.59. The lowest BCUT2D eigenvalue weighted by Gasteiger charge is -2.31. The van der Waals surface area contributed by atoms with Gasteiger partial charge in [0.25, 0.3) is 0 Å². The van der Waals surface area contributed by atoms with E-state index in [0.717, 1.165) is 25.1 Å². The number of aliphatic hydroxyl groups is 1. The van der Waals surface area contributed by atoms with E-state index in [9.17, 15) is 5.11 Å². The second kappa shape index (κ2) is 6.43. The predicted molar refractivity (Wildman–Crippen MR) is 75.6 cm³/mol. The first kappa shape index (κ1) is 13.7. The quantitative estimate of drug-likeness (QED) is 0.334. The van der Waals surface area contributed by atoms with Crippen LogP contribution < -0.4 is 10.6 Å². The van der Waals surface area contributed by atoms with E-state index >= 15 is 0 Å². The average molecular weight is 263 g/mol. The molecule has 1 aliphatic rings. The van der Waals surface area contributed by atoms with Gasteiger partial charge in [0.05, 0.1) is 12.6 Å². The zero-order valence-corrected chi connectivity index (χ0v) is 11.0. The van der Waals surface area contributed by atoms with Gasteiger partial charge in [-0.3, -0.25) is 0 Å². The molecule has 0 bridgehead atoms. The second-order valence-corrected chi connectivity index (χ2v) is 4.91. The van der Waals surface area contributed by atoms with Crippen LogP contribution in [0.2, 0.25) is 0 Å². The molecule has 104 valence electrons. The molecule has 2 rings (SSSR count). The lowest BCUT2D eigenvalue weighted by Crippen LogP contribution is -2.37. The first-order valence-electron chi connectivity index (χ1n) is 6.71. The summed E-state index contributed by atoms with van der Waals surface area (Å²) in [5, 5.41) is 21.1. The summed E-state index contributed by atoms with van der Waals surface area (Å²) in [7, 11) is 0. The second-order valence-electron chi connectivity index (χ2n) is 4.91. The molecule has 1 saturated heterocycles. The molecule has 0 saturated carbocycles. The molecule has 1 fully saturated rings. The van der Waals surface area contributed by atoms with Crippen LogP contribution in [0.1, 0.15) is 31.2 Å². The van der Waals surface area contributed by atoms with Gasteiger partial charge in [-0.15, -0.1) is 0 Å². The van der Waals surface area contributed by atoms with Crippen LogP contribution in [-0.4, -0.2) is 35.3 Å². The monoisotopic (exact) mass is 263 g/mol. The highest BCUT2D eigenvalue weighted by Crippen LogP contribution is 2.24. The number of benzene rings is 1. The van der Waals surface area contributed by atoms with Crippen LogP contribution in [-0.2, 0) is 0 Å². The number of nitrogens with two attached hydrogens (primary N) is 1. The standard InChI is InChI=1S/C14H21N3O2/c15-14(16-19)11-5-7-12(8-6-11)17-9-3-1-2-4-13(17)10-18/h5-8,13,18-19H,1-4,9-10H2,(H2,15,16). The summed E-state index contributed by atoms with van der Waals surface area (Å²) < 4.78 is 0. The van der Waals surface area contributed by atoms with Crippen LogP contribution in [0.15, 0.2) is 29.4 Å². The molecule has 1 aliphatic heterocycles. The zero-order valence-electron chi connectivity index (χ0n) is 11.0. The molecule has 0 aliphatic carbocycles. The van der Waals surface area contributed by atoms with Gasteiger partial charge in [-0.2, -0.15) is 0 Å². The van der Waals surface area contributed by atoms with Crippen LogP contribution in [0, 0.1) is 0 Å². The van der Waals surface area contributed by atoms with Gasteiger partial charge in [-0.1, -0.05) is 18.0 Å². The van der Waals surface area contributed by atoms with E-state index in [1.807, 2.05) is 24.3 Å². The van der Waals surface area contributed by atoms with Gasteiger partial charge in [-0.25, -0.2) is 0 Å². The SMILES string of the molecule is N/C(=N/O)c1ccc(N2CCCCCC2CO)cc1. The van der Waals surface area contributed by atoms with Crippen molar-refractivity contribution in [1.29, 1.82) is 0 Å². The van der Waals surface area contributed by atoms with Gasteiger partial charge in [0.2, 0.25) is 0 Å². The van der Waals surface area contributed by atoms with Crippen molar-refractivity contribution in [2.45, 2.75) is 31.7 Å². The molecule has 1 aromatic carbocycles. The Kier molecular flexibility index (Phi) is 4.63. The molecule has 5 nitrogen and oxygen atoms in total. The molecule has 1 unspecified atom stereocenters. The summed E-state index contributed by atoms with van der Waals surface area (Å²) in [6.07, 6.45) is 4.57. The Morgan fingerprint density at radius 2 is 2.00 bits per heavy atom. The molecule has 1 atom stereocenters. The lowest BCUT2D eigenvalue weighted by molar-refractivity contribution is 0.255. The summed E-state index contributed by atoms with van der Waals surface area (Å²) >= 11 is 0. The Labute approximate surface area is 113 Å². The summed E-state index contributed by atoms with van der Waals surface area (Å²) in [5.74, 6) is 0.112. The molecular formula is C14H21N3O2. The van der Waals surface area contributed by atoms with E-state index in [0.29, 0.717) is 5.56 Å². The van der Waals surface area contributed by atoms with Crippen molar-refractivity contribution in [3.63, 3.8) is 0 Å². The Morgan fingerprint density at radius 1 is 1.26 bits per heavy atom. The molecule has 1 heterocycles. The van der Waals surface area contributed by atoms with Crippen molar-refractivity contribution in [1.82, 2.24) is 0 Å². The van der Waals surface area contributed by atoms with E-state index in [1.165, 1.54) is 12.8 Å². The normalized spacial score (nSPS) is 21.2. The van der Waals surface area contributed by atoms with E-state index in [4.69, 9.17) is 10.9 Å². The molecule has 19 heavy (non-hydrogen) atoms. The summed E-state index contributed by atoms with van der Waals surface area (Å²) in [6.45, 7) is 1.15.